The van der Waals surface area contributed by atoms with E-state index in [-0.39, 0.29) is 23.7 Å². The Morgan fingerprint density at radius 3 is 2.63 bits per heavy atom. The van der Waals surface area contributed by atoms with Gasteiger partial charge in [0.2, 0.25) is 5.76 Å². The first-order valence-corrected chi connectivity index (χ1v) is 10.4. The van der Waals surface area contributed by atoms with Crippen LogP contribution in [0.2, 0.25) is 0 Å². The fourth-order valence-corrected chi connectivity index (χ4v) is 3.88. The molecule has 0 unspecified atom stereocenters. The number of hydrogen-bond acceptors (Lipinski definition) is 6. The third-order valence-electron chi connectivity index (χ3n) is 4.23. The van der Waals surface area contributed by atoms with Crippen LogP contribution in [0.3, 0.4) is 0 Å². The lowest BCUT2D eigenvalue weighted by atomic mass is 10.1. The first-order chi connectivity index (χ1) is 14.0. The minimum absolute atomic E-state index is 0.0465. The van der Waals surface area contributed by atoms with Crippen molar-refractivity contribution in [2.24, 2.45) is 5.73 Å². The molecule has 11 heteroatoms. The average molecular weight is 495 g/mol. The van der Waals surface area contributed by atoms with E-state index < -0.39 is 23.4 Å². The molecule has 0 atom stereocenters. The zero-order valence-electron chi connectivity index (χ0n) is 16.4. The fraction of sp³-hybridized carbons (Fsp3) is 0.263. The van der Waals surface area contributed by atoms with Crippen molar-refractivity contribution in [1.29, 1.82) is 0 Å². The molecule has 0 aliphatic rings. The van der Waals surface area contributed by atoms with Gasteiger partial charge in [0.25, 0.3) is 11.8 Å². The van der Waals surface area contributed by atoms with Crippen molar-refractivity contribution >= 4 is 61.8 Å². The molecule has 158 valence electrons. The summed E-state index contributed by atoms with van der Waals surface area (Å²) < 4.78 is 6.20. The number of fused-ring (bicyclic) bond motifs is 1. The molecular weight excluding hydrogens is 476 g/mol. The molecule has 4 N–H and O–H groups in total. The van der Waals surface area contributed by atoms with Crippen LogP contribution in [0, 0.1) is 0 Å². The minimum Gasteiger partial charge on any atom is -0.465 e. The highest BCUT2D eigenvalue weighted by molar-refractivity contribution is 9.10. The molecular formula is C19H19BrN4O5S. The number of furan rings is 1. The SMILES string of the molecule is CC(C)(C)N(Cc1nc(C(=O)Nc2c(C(N)=O)oc3ccc(Br)cc23)cs1)C(=O)O. The zero-order valence-corrected chi connectivity index (χ0v) is 18.8. The zero-order chi connectivity index (χ0) is 22.2. The molecule has 0 fully saturated rings. The standard InChI is InChI=1S/C19H19BrN4O5S/c1-19(2,3)24(18(27)28)7-13-22-11(8-30-13)17(26)23-14-10-6-9(20)4-5-12(10)29-15(14)16(21)25/h4-6,8H,7H2,1-3H3,(H2,21,25)(H,23,26)(H,27,28). The number of thiazole rings is 1. The quantitative estimate of drug-likeness (QED) is 0.483. The van der Waals surface area contributed by atoms with Crippen LogP contribution in [0.5, 0.6) is 0 Å². The first kappa shape index (κ1) is 21.8. The molecule has 3 aromatic rings. The number of nitrogens with two attached hydrogens (primary N) is 1. The number of primary amides is 1. The van der Waals surface area contributed by atoms with Crippen molar-refractivity contribution in [3.63, 3.8) is 0 Å². The molecule has 2 aromatic heterocycles. The van der Waals surface area contributed by atoms with E-state index in [1.165, 1.54) is 21.6 Å². The lowest BCUT2D eigenvalue weighted by Crippen LogP contribution is -2.44. The third-order valence-corrected chi connectivity index (χ3v) is 5.56. The summed E-state index contributed by atoms with van der Waals surface area (Å²) in [6.45, 7) is 5.37. The lowest BCUT2D eigenvalue weighted by Gasteiger charge is -2.32. The number of benzene rings is 1. The summed E-state index contributed by atoms with van der Waals surface area (Å²) in [6.07, 6.45) is -1.08. The van der Waals surface area contributed by atoms with Crippen molar-refractivity contribution in [2.75, 3.05) is 5.32 Å². The van der Waals surface area contributed by atoms with E-state index in [1.54, 1.807) is 39.0 Å². The summed E-state index contributed by atoms with van der Waals surface area (Å²) in [5.74, 6) is -1.56. The first-order valence-electron chi connectivity index (χ1n) is 8.75. The highest BCUT2D eigenvalue weighted by atomic mass is 79.9. The highest BCUT2D eigenvalue weighted by Crippen LogP contribution is 2.33. The Hall–Kier alpha value is -2.92. The van der Waals surface area contributed by atoms with Crippen molar-refractivity contribution in [3.05, 3.63) is 44.5 Å². The molecule has 3 rings (SSSR count). The van der Waals surface area contributed by atoms with Crippen molar-refractivity contribution < 1.29 is 23.9 Å². The van der Waals surface area contributed by atoms with Gasteiger partial charge in [-0.2, -0.15) is 0 Å². The van der Waals surface area contributed by atoms with Crippen LogP contribution in [0.4, 0.5) is 10.5 Å². The van der Waals surface area contributed by atoms with E-state index in [1.807, 2.05) is 0 Å². The summed E-state index contributed by atoms with van der Waals surface area (Å²) in [7, 11) is 0. The molecule has 0 saturated heterocycles. The van der Waals surface area contributed by atoms with Crippen LogP contribution in [0.1, 0.15) is 46.8 Å². The smallest absolute Gasteiger partial charge is 0.408 e. The predicted octanol–water partition coefficient (Wildman–Crippen LogP) is 4.28. The van der Waals surface area contributed by atoms with Crippen molar-refractivity contribution in [2.45, 2.75) is 32.9 Å². The van der Waals surface area contributed by atoms with Crippen LogP contribution in [0.25, 0.3) is 11.0 Å². The van der Waals surface area contributed by atoms with E-state index >= 15 is 0 Å². The van der Waals surface area contributed by atoms with Crippen molar-refractivity contribution in [3.8, 4) is 0 Å². The molecule has 0 radical (unpaired) electrons. The van der Waals surface area contributed by atoms with Gasteiger partial charge in [0.15, 0.2) is 0 Å². The molecule has 1 aromatic carbocycles. The number of carbonyl (C=O) groups excluding carboxylic acids is 2. The average Bonchev–Trinajstić information content (AvgIpc) is 3.23. The largest absolute Gasteiger partial charge is 0.465 e. The topological polar surface area (TPSA) is 139 Å². The van der Waals surface area contributed by atoms with E-state index in [9.17, 15) is 19.5 Å². The van der Waals surface area contributed by atoms with Gasteiger partial charge in [-0.25, -0.2) is 9.78 Å². The molecule has 0 saturated carbocycles. The molecule has 2 heterocycles. The summed E-state index contributed by atoms with van der Waals surface area (Å²) in [4.78, 5) is 41.5. The monoisotopic (exact) mass is 494 g/mol. The molecule has 3 amide bonds. The molecule has 0 bridgehead atoms. The van der Waals surface area contributed by atoms with Gasteiger partial charge in [0.1, 0.15) is 22.0 Å². The molecule has 0 aliphatic heterocycles. The predicted molar refractivity (Wildman–Crippen MR) is 116 cm³/mol. The van der Waals surface area contributed by atoms with Crippen LogP contribution < -0.4 is 11.1 Å². The molecule has 0 spiro atoms. The minimum atomic E-state index is -1.08. The number of anilines is 1. The molecule has 9 nitrogen and oxygen atoms in total. The number of nitrogens with one attached hydrogen (secondary N) is 1. The summed E-state index contributed by atoms with van der Waals surface area (Å²) in [6, 6.07) is 5.08. The van der Waals surface area contributed by atoms with Gasteiger partial charge in [-0.1, -0.05) is 15.9 Å². The maximum absolute atomic E-state index is 12.7. The Bertz CT molecular complexity index is 1150. The summed E-state index contributed by atoms with van der Waals surface area (Å²) >= 11 is 4.51. The van der Waals surface area contributed by atoms with Gasteiger partial charge in [0, 0.05) is 20.8 Å². The maximum Gasteiger partial charge on any atom is 0.408 e. The number of amides is 3. The number of hydrogen-bond donors (Lipinski definition) is 3. The number of halogens is 1. The summed E-state index contributed by atoms with van der Waals surface area (Å²) in [5.41, 5.74) is 5.40. The van der Waals surface area contributed by atoms with Gasteiger partial charge in [0.05, 0.1) is 6.54 Å². The van der Waals surface area contributed by atoms with Gasteiger partial charge in [-0.3, -0.25) is 14.5 Å². The van der Waals surface area contributed by atoms with E-state index in [2.05, 4.69) is 26.2 Å². The Labute approximate surface area is 184 Å². The Kier molecular flexibility index (Phi) is 5.86. The number of nitrogens with zero attached hydrogens (tertiary/aromatic N) is 2. The van der Waals surface area contributed by atoms with Crippen molar-refractivity contribution in [1.82, 2.24) is 9.88 Å². The highest BCUT2D eigenvalue weighted by Gasteiger charge is 2.28. The van der Waals surface area contributed by atoms with Crippen LogP contribution >= 0.6 is 27.3 Å². The fourth-order valence-electron chi connectivity index (χ4n) is 2.76. The second kappa shape index (κ2) is 8.07. The van der Waals surface area contributed by atoms with E-state index in [4.69, 9.17) is 10.2 Å². The normalized spacial score (nSPS) is 11.5. The Balaban J connectivity index is 1.88. The number of aromatic nitrogens is 1. The van der Waals surface area contributed by atoms with Crippen LogP contribution in [-0.2, 0) is 6.54 Å². The third kappa shape index (κ3) is 4.46. The van der Waals surface area contributed by atoms with E-state index in [0.29, 0.717) is 16.0 Å². The molecule has 30 heavy (non-hydrogen) atoms. The maximum atomic E-state index is 12.7. The second-order valence-electron chi connectivity index (χ2n) is 7.43. The van der Waals surface area contributed by atoms with Gasteiger partial charge in [-0.05, 0) is 39.0 Å². The van der Waals surface area contributed by atoms with Gasteiger partial charge >= 0.3 is 6.09 Å². The van der Waals surface area contributed by atoms with Gasteiger partial charge < -0.3 is 20.6 Å². The lowest BCUT2D eigenvalue weighted by molar-refractivity contribution is 0.0951. The number of carbonyl (C=O) groups is 3. The number of rotatable bonds is 5. The molecule has 0 aliphatic carbocycles. The Morgan fingerprint density at radius 1 is 1.33 bits per heavy atom. The van der Waals surface area contributed by atoms with E-state index in [0.717, 1.165) is 4.47 Å². The summed E-state index contributed by atoms with van der Waals surface area (Å²) in [5, 5.41) is 14.6. The van der Waals surface area contributed by atoms with Crippen LogP contribution in [0.15, 0.2) is 32.5 Å². The van der Waals surface area contributed by atoms with Crippen LogP contribution in [-0.4, -0.2) is 38.4 Å². The Morgan fingerprint density at radius 2 is 2.03 bits per heavy atom. The second-order valence-corrected chi connectivity index (χ2v) is 9.29. The number of carboxylic acid groups (broad SMARTS) is 1. The van der Waals surface area contributed by atoms with Gasteiger partial charge in [-0.15, -0.1) is 11.3 Å².